The third-order valence-electron chi connectivity index (χ3n) is 4.97. The topological polar surface area (TPSA) is 89.2 Å². The van der Waals surface area contributed by atoms with Crippen molar-refractivity contribution < 1.29 is 9.90 Å². The Morgan fingerprint density at radius 1 is 1.03 bits per heavy atom. The summed E-state index contributed by atoms with van der Waals surface area (Å²) in [5.74, 6) is -0.772. The van der Waals surface area contributed by atoms with Crippen molar-refractivity contribution in [2.45, 2.75) is 19.3 Å². The molecule has 4 rings (SSSR count). The second-order valence-corrected chi connectivity index (χ2v) is 6.87. The Morgan fingerprint density at radius 3 is 2.45 bits per heavy atom. The van der Waals surface area contributed by atoms with Crippen LogP contribution in [0, 0.1) is 11.3 Å². The summed E-state index contributed by atoms with van der Waals surface area (Å²) in [5, 5.41) is 18.3. The minimum absolute atomic E-state index is 0.169. The number of hydrogen-bond acceptors (Lipinski definition) is 3. The number of nitriles is 1. The Kier molecular flexibility index (Phi) is 5.08. The molecule has 0 radical (unpaired) electrons. The van der Waals surface area contributed by atoms with E-state index in [1.165, 1.54) is 0 Å². The molecule has 1 aromatic heterocycles. The molecule has 2 aromatic carbocycles. The molecule has 5 nitrogen and oxygen atoms in total. The molecular weight excluding hydrogens is 362 g/mol. The van der Waals surface area contributed by atoms with E-state index in [0.29, 0.717) is 12.1 Å². The Labute approximate surface area is 168 Å². The summed E-state index contributed by atoms with van der Waals surface area (Å²) in [5.41, 5.74) is 6.93. The van der Waals surface area contributed by atoms with Crippen LogP contribution >= 0.6 is 0 Å². The number of carboxylic acid groups (broad SMARTS) is 1. The number of aryl methyl sites for hydroxylation is 1. The van der Waals surface area contributed by atoms with Crippen molar-refractivity contribution >= 4 is 23.0 Å². The summed E-state index contributed by atoms with van der Waals surface area (Å²) in [6.45, 7) is 0. The number of carbonyl (C=O) groups is 1. The molecule has 5 heteroatoms. The second kappa shape index (κ2) is 7.99. The normalized spacial score (nSPS) is 14.1. The predicted molar refractivity (Wildman–Crippen MR) is 112 cm³/mol. The Hall–Kier alpha value is -3.91. The number of rotatable bonds is 6. The Balaban J connectivity index is 1.78. The van der Waals surface area contributed by atoms with Crippen molar-refractivity contribution in [3.05, 3.63) is 94.8 Å². The number of benzene rings is 2. The van der Waals surface area contributed by atoms with E-state index >= 15 is 0 Å². The SMILES string of the molecule is N#CC1=N/C(=C(/c2ccc(CCCC(=O)O)cc2)c2ccc[nH]2)c2ccccc21. The number of H-pyrrole nitrogens is 1. The highest BCUT2D eigenvalue weighted by atomic mass is 16.4. The highest BCUT2D eigenvalue weighted by Crippen LogP contribution is 2.38. The standard InChI is InChI=1S/C24H19N3O2/c25-15-21-18-6-1-2-7-19(18)24(27-21)23(20-8-4-14-26-20)17-12-10-16(11-13-17)5-3-9-22(28)29/h1-2,4,6-8,10-14,26H,3,5,9H2,(H,28,29)/b24-23-. The summed E-state index contributed by atoms with van der Waals surface area (Å²) in [7, 11) is 0. The summed E-state index contributed by atoms with van der Waals surface area (Å²) < 4.78 is 0. The monoisotopic (exact) mass is 381 g/mol. The molecule has 0 saturated heterocycles. The molecule has 0 spiro atoms. The molecule has 0 fully saturated rings. The van der Waals surface area contributed by atoms with Crippen LogP contribution in [0.25, 0.3) is 11.3 Å². The Morgan fingerprint density at radius 2 is 1.79 bits per heavy atom. The van der Waals surface area contributed by atoms with E-state index in [1.54, 1.807) is 0 Å². The lowest BCUT2D eigenvalue weighted by molar-refractivity contribution is -0.137. The molecular formula is C24H19N3O2. The van der Waals surface area contributed by atoms with Crippen LogP contribution in [0.3, 0.4) is 0 Å². The van der Waals surface area contributed by atoms with E-state index in [1.807, 2.05) is 66.9 Å². The summed E-state index contributed by atoms with van der Waals surface area (Å²) in [6, 6.07) is 22.0. The number of aliphatic imine (C=N–C) groups is 1. The first-order valence-electron chi connectivity index (χ1n) is 9.45. The van der Waals surface area contributed by atoms with E-state index in [2.05, 4.69) is 16.0 Å². The van der Waals surface area contributed by atoms with E-state index in [0.717, 1.165) is 45.6 Å². The van der Waals surface area contributed by atoms with Crippen LogP contribution in [-0.4, -0.2) is 21.8 Å². The largest absolute Gasteiger partial charge is 0.481 e. The molecule has 1 aliphatic rings. The van der Waals surface area contributed by atoms with Crippen molar-refractivity contribution in [3.63, 3.8) is 0 Å². The van der Waals surface area contributed by atoms with E-state index < -0.39 is 5.97 Å². The first kappa shape index (κ1) is 18.5. The summed E-state index contributed by atoms with van der Waals surface area (Å²) in [6.07, 6.45) is 3.37. The van der Waals surface area contributed by atoms with Crippen molar-refractivity contribution in [3.8, 4) is 6.07 Å². The quantitative estimate of drug-likeness (QED) is 0.650. The predicted octanol–water partition coefficient (Wildman–Crippen LogP) is 4.66. The average Bonchev–Trinajstić information content (AvgIpc) is 3.38. The average molecular weight is 381 g/mol. The van der Waals surface area contributed by atoms with Gasteiger partial charge in [-0.05, 0) is 36.1 Å². The highest BCUT2D eigenvalue weighted by molar-refractivity contribution is 6.22. The molecule has 3 aromatic rings. The van der Waals surface area contributed by atoms with Gasteiger partial charge in [-0.25, -0.2) is 4.99 Å². The van der Waals surface area contributed by atoms with Gasteiger partial charge in [0.25, 0.3) is 0 Å². The van der Waals surface area contributed by atoms with Crippen molar-refractivity contribution in [1.82, 2.24) is 4.98 Å². The van der Waals surface area contributed by atoms with Gasteiger partial charge < -0.3 is 10.1 Å². The molecule has 2 N–H and O–H groups in total. The van der Waals surface area contributed by atoms with Crippen LogP contribution in [0.4, 0.5) is 0 Å². The fraction of sp³-hybridized carbons (Fsp3) is 0.125. The van der Waals surface area contributed by atoms with Gasteiger partial charge in [-0.15, -0.1) is 0 Å². The maximum Gasteiger partial charge on any atom is 0.303 e. The van der Waals surface area contributed by atoms with Gasteiger partial charge in [0.2, 0.25) is 0 Å². The third-order valence-corrected chi connectivity index (χ3v) is 4.97. The minimum atomic E-state index is -0.772. The first-order valence-corrected chi connectivity index (χ1v) is 9.45. The van der Waals surface area contributed by atoms with Crippen molar-refractivity contribution in [2.24, 2.45) is 4.99 Å². The zero-order chi connectivity index (χ0) is 20.2. The number of aliphatic carboxylic acids is 1. The molecule has 0 atom stereocenters. The summed E-state index contributed by atoms with van der Waals surface area (Å²) >= 11 is 0. The molecule has 0 saturated carbocycles. The molecule has 0 bridgehead atoms. The molecule has 1 aliphatic heterocycles. The van der Waals surface area contributed by atoms with Gasteiger partial charge in [0, 0.05) is 35.0 Å². The molecule has 29 heavy (non-hydrogen) atoms. The lowest BCUT2D eigenvalue weighted by Gasteiger charge is -2.11. The van der Waals surface area contributed by atoms with Gasteiger partial charge >= 0.3 is 5.97 Å². The zero-order valence-corrected chi connectivity index (χ0v) is 15.7. The van der Waals surface area contributed by atoms with E-state index in [9.17, 15) is 10.1 Å². The zero-order valence-electron chi connectivity index (χ0n) is 15.7. The number of hydrogen-bond donors (Lipinski definition) is 2. The molecule has 142 valence electrons. The number of nitrogens with one attached hydrogen (secondary N) is 1. The summed E-state index contributed by atoms with van der Waals surface area (Å²) in [4.78, 5) is 18.6. The van der Waals surface area contributed by atoms with Gasteiger partial charge in [-0.1, -0.05) is 48.5 Å². The van der Waals surface area contributed by atoms with Crippen LogP contribution in [0.1, 0.15) is 40.8 Å². The maximum absolute atomic E-state index is 10.7. The lowest BCUT2D eigenvalue weighted by Crippen LogP contribution is -1.97. The van der Waals surface area contributed by atoms with E-state index in [4.69, 9.17) is 5.11 Å². The second-order valence-electron chi connectivity index (χ2n) is 6.87. The lowest BCUT2D eigenvalue weighted by atomic mass is 9.94. The van der Waals surface area contributed by atoms with Crippen LogP contribution in [0.15, 0.2) is 71.9 Å². The van der Waals surface area contributed by atoms with Gasteiger partial charge in [-0.2, -0.15) is 5.26 Å². The molecule has 0 unspecified atom stereocenters. The first-order chi connectivity index (χ1) is 14.2. The number of nitrogens with zero attached hydrogens (tertiary/aromatic N) is 2. The smallest absolute Gasteiger partial charge is 0.303 e. The Bertz CT molecular complexity index is 1150. The molecule has 2 heterocycles. The van der Waals surface area contributed by atoms with Crippen LogP contribution in [0.2, 0.25) is 0 Å². The van der Waals surface area contributed by atoms with E-state index in [-0.39, 0.29) is 6.42 Å². The van der Waals surface area contributed by atoms with Crippen molar-refractivity contribution in [2.75, 3.05) is 0 Å². The van der Waals surface area contributed by atoms with Crippen LogP contribution in [-0.2, 0) is 11.2 Å². The van der Waals surface area contributed by atoms with Crippen LogP contribution < -0.4 is 0 Å². The van der Waals surface area contributed by atoms with Gasteiger partial charge in [0.1, 0.15) is 11.8 Å². The number of carboxylic acids is 1. The van der Waals surface area contributed by atoms with Crippen LogP contribution in [0.5, 0.6) is 0 Å². The number of aromatic amines is 1. The van der Waals surface area contributed by atoms with Gasteiger partial charge in [0.05, 0.1) is 5.70 Å². The minimum Gasteiger partial charge on any atom is -0.481 e. The highest BCUT2D eigenvalue weighted by Gasteiger charge is 2.24. The molecule has 0 aliphatic carbocycles. The van der Waals surface area contributed by atoms with Gasteiger partial charge in [-0.3, -0.25) is 4.79 Å². The number of aromatic nitrogens is 1. The third kappa shape index (κ3) is 3.74. The fourth-order valence-corrected chi connectivity index (χ4v) is 3.59. The van der Waals surface area contributed by atoms with Gasteiger partial charge in [0.15, 0.2) is 0 Å². The number of fused-ring (bicyclic) bond motifs is 1. The molecule has 0 amide bonds. The fourth-order valence-electron chi connectivity index (χ4n) is 3.59. The van der Waals surface area contributed by atoms with Crippen molar-refractivity contribution in [1.29, 1.82) is 5.26 Å². The maximum atomic E-state index is 10.7.